The first kappa shape index (κ1) is 8.84. The summed E-state index contributed by atoms with van der Waals surface area (Å²) in [4.78, 5) is 15.3. The van der Waals surface area contributed by atoms with Crippen LogP contribution in [0.5, 0.6) is 0 Å². The Morgan fingerprint density at radius 2 is 2.31 bits per heavy atom. The Bertz CT molecular complexity index is 477. The molecule has 1 heterocycles. The molecule has 0 aliphatic heterocycles. The second-order valence-corrected chi connectivity index (χ2v) is 4.45. The van der Waals surface area contributed by atoms with Crippen molar-refractivity contribution in [2.75, 3.05) is 0 Å². The van der Waals surface area contributed by atoms with E-state index in [1.807, 2.05) is 12.1 Å². The molecule has 0 radical (unpaired) electrons. The summed E-state index contributed by atoms with van der Waals surface area (Å²) in [5.74, 6) is 0.0572. The van der Waals surface area contributed by atoms with Crippen molar-refractivity contribution in [1.29, 1.82) is 0 Å². The van der Waals surface area contributed by atoms with Gasteiger partial charge in [0.25, 0.3) is 0 Å². The molecule has 2 nitrogen and oxygen atoms in total. The van der Waals surface area contributed by atoms with E-state index in [9.17, 15) is 4.79 Å². The van der Waals surface area contributed by atoms with E-state index >= 15 is 0 Å². The molecule has 2 rings (SSSR count). The molecule has 0 spiro atoms. The van der Waals surface area contributed by atoms with E-state index in [1.165, 1.54) is 0 Å². The molecule has 66 valence electrons. The van der Waals surface area contributed by atoms with Gasteiger partial charge in [0.2, 0.25) is 0 Å². The van der Waals surface area contributed by atoms with E-state index in [1.54, 1.807) is 23.8 Å². The SMILES string of the molecule is CC(=O)c1cc2ncsc2cc1Br. The van der Waals surface area contributed by atoms with Gasteiger partial charge in [0, 0.05) is 10.0 Å². The largest absolute Gasteiger partial charge is 0.294 e. The van der Waals surface area contributed by atoms with E-state index in [0.717, 1.165) is 14.7 Å². The van der Waals surface area contributed by atoms with Crippen LogP contribution in [0.3, 0.4) is 0 Å². The quantitative estimate of drug-likeness (QED) is 0.733. The Labute approximate surface area is 87.7 Å². The normalized spacial score (nSPS) is 10.6. The number of ketones is 1. The van der Waals surface area contributed by atoms with Crippen LogP contribution in [0.2, 0.25) is 0 Å². The molecule has 0 saturated heterocycles. The Morgan fingerprint density at radius 3 is 3.00 bits per heavy atom. The molecule has 1 aromatic carbocycles. The summed E-state index contributed by atoms with van der Waals surface area (Å²) in [6, 6.07) is 3.75. The lowest BCUT2D eigenvalue weighted by Crippen LogP contribution is -1.92. The Balaban J connectivity index is 2.76. The lowest BCUT2D eigenvalue weighted by atomic mass is 10.1. The van der Waals surface area contributed by atoms with Gasteiger partial charge in [-0.15, -0.1) is 11.3 Å². The number of benzene rings is 1. The number of aromatic nitrogens is 1. The number of thiazole rings is 1. The van der Waals surface area contributed by atoms with Crippen LogP contribution in [-0.2, 0) is 0 Å². The van der Waals surface area contributed by atoms with Gasteiger partial charge < -0.3 is 0 Å². The van der Waals surface area contributed by atoms with Crippen LogP contribution in [0.4, 0.5) is 0 Å². The minimum Gasteiger partial charge on any atom is -0.294 e. The lowest BCUT2D eigenvalue weighted by molar-refractivity contribution is 0.101. The van der Waals surface area contributed by atoms with Gasteiger partial charge in [-0.05, 0) is 35.0 Å². The van der Waals surface area contributed by atoms with Crippen LogP contribution in [0, 0.1) is 0 Å². The lowest BCUT2D eigenvalue weighted by Gasteiger charge is -1.98. The molecule has 2 aromatic rings. The number of hydrogen-bond acceptors (Lipinski definition) is 3. The first-order valence-corrected chi connectivity index (χ1v) is 5.39. The Morgan fingerprint density at radius 1 is 1.54 bits per heavy atom. The van der Waals surface area contributed by atoms with Crippen molar-refractivity contribution in [2.45, 2.75) is 6.92 Å². The van der Waals surface area contributed by atoms with Crippen LogP contribution in [-0.4, -0.2) is 10.8 Å². The fraction of sp³-hybridized carbons (Fsp3) is 0.111. The number of carbonyl (C=O) groups is 1. The van der Waals surface area contributed by atoms with Gasteiger partial charge in [-0.2, -0.15) is 0 Å². The number of halogens is 1. The summed E-state index contributed by atoms with van der Waals surface area (Å²) in [5.41, 5.74) is 3.36. The molecule has 0 atom stereocenters. The molecule has 0 N–H and O–H groups in total. The molecule has 0 unspecified atom stereocenters. The monoisotopic (exact) mass is 255 g/mol. The summed E-state index contributed by atoms with van der Waals surface area (Å²) in [6.45, 7) is 1.55. The van der Waals surface area contributed by atoms with E-state index < -0.39 is 0 Å². The van der Waals surface area contributed by atoms with Gasteiger partial charge in [0.1, 0.15) is 0 Å². The van der Waals surface area contributed by atoms with E-state index in [0.29, 0.717) is 5.56 Å². The highest BCUT2D eigenvalue weighted by molar-refractivity contribution is 9.10. The third-order valence-corrected chi connectivity index (χ3v) is 3.25. The predicted octanol–water partition coefficient (Wildman–Crippen LogP) is 3.26. The predicted molar refractivity (Wildman–Crippen MR) is 57.3 cm³/mol. The highest BCUT2D eigenvalue weighted by Gasteiger charge is 2.07. The maximum Gasteiger partial charge on any atom is 0.161 e. The molecule has 13 heavy (non-hydrogen) atoms. The fourth-order valence-electron chi connectivity index (χ4n) is 1.15. The maximum absolute atomic E-state index is 11.2. The van der Waals surface area contributed by atoms with Crippen molar-refractivity contribution in [2.24, 2.45) is 0 Å². The Kier molecular flexibility index (Phi) is 2.17. The highest BCUT2D eigenvalue weighted by atomic mass is 79.9. The van der Waals surface area contributed by atoms with Gasteiger partial charge in [-0.3, -0.25) is 4.79 Å². The van der Waals surface area contributed by atoms with E-state index in [4.69, 9.17) is 0 Å². The van der Waals surface area contributed by atoms with Crippen molar-refractivity contribution >= 4 is 43.3 Å². The fourth-order valence-corrected chi connectivity index (χ4v) is 2.62. The minimum atomic E-state index is 0.0572. The summed E-state index contributed by atoms with van der Waals surface area (Å²) >= 11 is 4.93. The zero-order valence-electron chi connectivity index (χ0n) is 6.87. The third kappa shape index (κ3) is 1.51. The van der Waals surface area contributed by atoms with Crippen molar-refractivity contribution in [3.8, 4) is 0 Å². The van der Waals surface area contributed by atoms with Crippen LogP contribution in [0.1, 0.15) is 17.3 Å². The molecular weight excluding hydrogens is 250 g/mol. The average Bonchev–Trinajstić information content (AvgIpc) is 2.48. The van der Waals surface area contributed by atoms with Crippen LogP contribution in [0.25, 0.3) is 10.2 Å². The van der Waals surface area contributed by atoms with Gasteiger partial charge in [0.05, 0.1) is 15.7 Å². The van der Waals surface area contributed by atoms with Crippen molar-refractivity contribution in [1.82, 2.24) is 4.98 Å². The van der Waals surface area contributed by atoms with Crippen LogP contribution >= 0.6 is 27.3 Å². The van der Waals surface area contributed by atoms with E-state index in [2.05, 4.69) is 20.9 Å². The topological polar surface area (TPSA) is 30.0 Å². The molecule has 0 aliphatic rings. The molecule has 0 aliphatic carbocycles. The first-order valence-electron chi connectivity index (χ1n) is 3.72. The zero-order valence-corrected chi connectivity index (χ0v) is 9.28. The van der Waals surface area contributed by atoms with Crippen molar-refractivity contribution in [3.05, 3.63) is 27.7 Å². The zero-order chi connectivity index (χ0) is 9.42. The van der Waals surface area contributed by atoms with Crippen molar-refractivity contribution < 1.29 is 4.79 Å². The molecule has 4 heteroatoms. The minimum absolute atomic E-state index is 0.0572. The first-order chi connectivity index (χ1) is 6.18. The van der Waals surface area contributed by atoms with Crippen LogP contribution < -0.4 is 0 Å². The number of rotatable bonds is 1. The molecule has 1 aromatic heterocycles. The average molecular weight is 256 g/mol. The number of Topliss-reactive ketones (excluding diaryl/α,β-unsaturated/α-hetero) is 1. The van der Waals surface area contributed by atoms with Gasteiger partial charge in [-0.25, -0.2) is 4.98 Å². The van der Waals surface area contributed by atoms with Gasteiger partial charge in [-0.1, -0.05) is 0 Å². The molecular formula is C9H6BrNOS. The summed E-state index contributed by atoms with van der Waals surface area (Å²) in [7, 11) is 0. The Hall–Kier alpha value is -0.740. The summed E-state index contributed by atoms with van der Waals surface area (Å²) in [6.07, 6.45) is 0. The smallest absolute Gasteiger partial charge is 0.161 e. The van der Waals surface area contributed by atoms with Crippen molar-refractivity contribution in [3.63, 3.8) is 0 Å². The van der Waals surface area contributed by atoms with E-state index in [-0.39, 0.29) is 5.78 Å². The molecule has 0 amide bonds. The second kappa shape index (κ2) is 3.20. The third-order valence-electron chi connectivity index (χ3n) is 1.80. The number of nitrogens with zero attached hydrogens (tertiary/aromatic N) is 1. The van der Waals surface area contributed by atoms with Gasteiger partial charge >= 0.3 is 0 Å². The number of fused-ring (bicyclic) bond motifs is 1. The highest BCUT2D eigenvalue weighted by Crippen LogP contribution is 2.26. The summed E-state index contributed by atoms with van der Waals surface area (Å²) < 4.78 is 1.94. The number of carbonyl (C=O) groups excluding carboxylic acids is 1. The molecule has 0 fully saturated rings. The maximum atomic E-state index is 11.2. The second-order valence-electron chi connectivity index (χ2n) is 2.71. The number of hydrogen-bond donors (Lipinski definition) is 0. The summed E-state index contributed by atoms with van der Waals surface area (Å²) in [5, 5.41) is 0. The molecule has 0 saturated carbocycles. The van der Waals surface area contributed by atoms with Crippen LogP contribution in [0.15, 0.2) is 22.1 Å². The molecule has 0 bridgehead atoms. The standard InChI is InChI=1S/C9H6BrNOS/c1-5(12)6-2-8-9(3-7(6)10)13-4-11-8/h2-4H,1H3. The van der Waals surface area contributed by atoms with Gasteiger partial charge in [0.15, 0.2) is 5.78 Å².